The highest BCUT2D eigenvalue weighted by Crippen LogP contribution is 2.22. The van der Waals surface area contributed by atoms with E-state index in [0.29, 0.717) is 6.04 Å². The van der Waals surface area contributed by atoms with Gasteiger partial charge in [0.25, 0.3) is 0 Å². The smallest absolute Gasteiger partial charge is 0.0949 e. The van der Waals surface area contributed by atoms with E-state index in [-0.39, 0.29) is 0 Å². The van der Waals surface area contributed by atoms with Gasteiger partial charge in [0.2, 0.25) is 0 Å². The zero-order chi connectivity index (χ0) is 13.5. The Hall–Kier alpha value is -1.23. The molecule has 1 N–H and O–H groups in total. The summed E-state index contributed by atoms with van der Waals surface area (Å²) in [4.78, 5) is 4.70. The van der Waals surface area contributed by atoms with E-state index in [0.717, 1.165) is 30.3 Å². The van der Waals surface area contributed by atoms with Crippen molar-refractivity contribution in [1.82, 2.24) is 10.3 Å². The van der Waals surface area contributed by atoms with Crippen molar-refractivity contribution in [2.24, 2.45) is 0 Å². The standard InChI is InChI=1S/C15H20N2OS/c1-3-18-10-13(16-2)9-15-17-14(11-19-15)12-7-5-4-6-8-12/h4-8,11,13,16H,3,9-10H2,1-2H3. The lowest BCUT2D eigenvalue weighted by atomic mass is 10.2. The molecule has 1 unspecified atom stereocenters. The van der Waals surface area contributed by atoms with Gasteiger partial charge >= 0.3 is 0 Å². The van der Waals surface area contributed by atoms with Crippen LogP contribution in [0.3, 0.4) is 0 Å². The first kappa shape index (κ1) is 14.2. The highest BCUT2D eigenvalue weighted by atomic mass is 32.1. The van der Waals surface area contributed by atoms with Crippen LogP contribution in [0.25, 0.3) is 11.3 Å². The van der Waals surface area contributed by atoms with Crippen LogP contribution >= 0.6 is 11.3 Å². The quantitative estimate of drug-likeness (QED) is 0.844. The van der Waals surface area contributed by atoms with E-state index < -0.39 is 0 Å². The summed E-state index contributed by atoms with van der Waals surface area (Å²) < 4.78 is 5.46. The Morgan fingerprint density at radius 2 is 2.11 bits per heavy atom. The monoisotopic (exact) mass is 276 g/mol. The Morgan fingerprint density at radius 1 is 1.32 bits per heavy atom. The van der Waals surface area contributed by atoms with Gasteiger partial charge in [0.15, 0.2) is 0 Å². The largest absolute Gasteiger partial charge is 0.380 e. The van der Waals surface area contributed by atoms with E-state index in [4.69, 9.17) is 9.72 Å². The number of hydrogen-bond donors (Lipinski definition) is 1. The molecule has 0 bridgehead atoms. The second kappa shape index (κ2) is 7.38. The predicted octanol–water partition coefficient (Wildman–Crippen LogP) is 2.98. The van der Waals surface area contributed by atoms with Crippen molar-refractivity contribution >= 4 is 11.3 Å². The summed E-state index contributed by atoms with van der Waals surface area (Å²) in [5.41, 5.74) is 2.24. The molecule has 0 fully saturated rings. The summed E-state index contributed by atoms with van der Waals surface area (Å²) in [6.07, 6.45) is 0.911. The summed E-state index contributed by atoms with van der Waals surface area (Å²) in [6.45, 7) is 3.50. The average Bonchev–Trinajstić information content (AvgIpc) is 2.93. The van der Waals surface area contributed by atoms with E-state index >= 15 is 0 Å². The number of ether oxygens (including phenoxy) is 1. The van der Waals surface area contributed by atoms with E-state index in [1.807, 2.05) is 32.2 Å². The Bertz CT molecular complexity index is 484. The number of likely N-dealkylation sites (N-methyl/N-ethyl adjacent to an activating group) is 1. The minimum atomic E-state index is 0.328. The van der Waals surface area contributed by atoms with Crippen LogP contribution in [0.1, 0.15) is 11.9 Å². The first-order valence-corrected chi connectivity index (χ1v) is 7.46. The fraction of sp³-hybridized carbons (Fsp3) is 0.400. The maximum Gasteiger partial charge on any atom is 0.0949 e. The van der Waals surface area contributed by atoms with Gasteiger partial charge in [-0.25, -0.2) is 4.98 Å². The molecule has 1 aromatic carbocycles. The lowest BCUT2D eigenvalue weighted by Gasteiger charge is -2.14. The Labute approximate surface area is 118 Å². The van der Waals surface area contributed by atoms with Crippen LogP contribution in [0.2, 0.25) is 0 Å². The van der Waals surface area contributed by atoms with Crippen molar-refractivity contribution < 1.29 is 4.74 Å². The van der Waals surface area contributed by atoms with Crippen molar-refractivity contribution in [3.8, 4) is 11.3 Å². The van der Waals surface area contributed by atoms with Crippen LogP contribution in [0.5, 0.6) is 0 Å². The summed E-state index contributed by atoms with van der Waals surface area (Å²) in [6, 6.07) is 10.6. The van der Waals surface area contributed by atoms with Crippen molar-refractivity contribution in [2.75, 3.05) is 20.3 Å². The van der Waals surface area contributed by atoms with Crippen LogP contribution in [-0.4, -0.2) is 31.3 Å². The third-order valence-electron chi connectivity index (χ3n) is 2.97. The lowest BCUT2D eigenvalue weighted by molar-refractivity contribution is 0.125. The summed E-state index contributed by atoms with van der Waals surface area (Å²) >= 11 is 1.71. The molecule has 19 heavy (non-hydrogen) atoms. The van der Waals surface area contributed by atoms with E-state index in [1.54, 1.807) is 11.3 Å². The molecule has 1 atom stereocenters. The van der Waals surface area contributed by atoms with Gasteiger partial charge in [-0.15, -0.1) is 11.3 Å². The highest BCUT2D eigenvalue weighted by Gasteiger charge is 2.11. The molecule has 0 amide bonds. The van der Waals surface area contributed by atoms with Crippen molar-refractivity contribution in [3.05, 3.63) is 40.7 Å². The first-order valence-electron chi connectivity index (χ1n) is 6.58. The second-order valence-electron chi connectivity index (χ2n) is 4.34. The number of aromatic nitrogens is 1. The average molecular weight is 276 g/mol. The summed E-state index contributed by atoms with van der Waals surface area (Å²) in [5, 5.41) is 6.55. The molecular formula is C15H20N2OS. The second-order valence-corrected chi connectivity index (χ2v) is 5.28. The third kappa shape index (κ3) is 4.13. The van der Waals surface area contributed by atoms with Crippen molar-refractivity contribution in [1.29, 1.82) is 0 Å². The number of thiazole rings is 1. The molecule has 102 valence electrons. The minimum absolute atomic E-state index is 0.328. The molecule has 3 nitrogen and oxygen atoms in total. The molecule has 1 aromatic heterocycles. The normalized spacial score (nSPS) is 12.5. The molecule has 0 spiro atoms. The van der Waals surface area contributed by atoms with Gasteiger partial charge in [0.1, 0.15) is 0 Å². The highest BCUT2D eigenvalue weighted by molar-refractivity contribution is 7.09. The lowest BCUT2D eigenvalue weighted by Crippen LogP contribution is -2.32. The molecule has 1 heterocycles. The van der Waals surface area contributed by atoms with Crippen LogP contribution in [-0.2, 0) is 11.2 Å². The SMILES string of the molecule is CCOCC(Cc1nc(-c2ccccc2)cs1)NC. The molecule has 0 radical (unpaired) electrons. The minimum Gasteiger partial charge on any atom is -0.380 e. The molecule has 0 saturated heterocycles. The van der Waals surface area contributed by atoms with Gasteiger partial charge < -0.3 is 10.1 Å². The fourth-order valence-corrected chi connectivity index (χ4v) is 2.75. The molecule has 0 aliphatic heterocycles. The molecule has 0 aliphatic carbocycles. The number of hydrogen-bond acceptors (Lipinski definition) is 4. The van der Waals surface area contributed by atoms with Gasteiger partial charge in [0.05, 0.1) is 17.3 Å². The fourth-order valence-electron chi connectivity index (χ4n) is 1.86. The summed E-state index contributed by atoms with van der Waals surface area (Å²) in [7, 11) is 1.97. The molecular weight excluding hydrogens is 256 g/mol. The zero-order valence-electron chi connectivity index (χ0n) is 11.4. The van der Waals surface area contributed by atoms with Crippen LogP contribution in [0.15, 0.2) is 35.7 Å². The van der Waals surface area contributed by atoms with Crippen molar-refractivity contribution in [3.63, 3.8) is 0 Å². The van der Waals surface area contributed by atoms with E-state index in [9.17, 15) is 0 Å². The predicted molar refractivity (Wildman–Crippen MR) is 80.6 cm³/mol. The molecule has 2 aromatic rings. The maximum absolute atomic E-state index is 5.46. The Kier molecular flexibility index (Phi) is 5.51. The van der Waals surface area contributed by atoms with Gasteiger partial charge in [-0.05, 0) is 14.0 Å². The first-order chi connectivity index (χ1) is 9.33. The van der Waals surface area contributed by atoms with Gasteiger partial charge in [0, 0.05) is 30.0 Å². The van der Waals surface area contributed by atoms with Crippen LogP contribution < -0.4 is 5.32 Å². The van der Waals surface area contributed by atoms with Gasteiger partial charge in [-0.2, -0.15) is 0 Å². The van der Waals surface area contributed by atoms with Crippen LogP contribution in [0, 0.1) is 0 Å². The third-order valence-corrected chi connectivity index (χ3v) is 3.84. The number of benzene rings is 1. The Morgan fingerprint density at radius 3 is 2.79 bits per heavy atom. The van der Waals surface area contributed by atoms with E-state index in [2.05, 4.69) is 22.8 Å². The van der Waals surface area contributed by atoms with Crippen LogP contribution in [0.4, 0.5) is 0 Å². The number of nitrogens with one attached hydrogen (secondary N) is 1. The molecule has 0 aliphatic rings. The zero-order valence-corrected chi connectivity index (χ0v) is 12.2. The van der Waals surface area contributed by atoms with E-state index in [1.165, 1.54) is 5.56 Å². The Balaban J connectivity index is 2.01. The summed E-state index contributed by atoms with van der Waals surface area (Å²) in [5.74, 6) is 0. The molecule has 4 heteroatoms. The van der Waals surface area contributed by atoms with Crippen molar-refractivity contribution in [2.45, 2.75) is 19.4 Å². The molecule has 2 rings (SSSR count). The van der Waals surface area contributed by atoms with Gasteiger partial charge in [-0.1, -0.05) is 30.3 Å². The van der Waals surface area contributed by atoms with Gasteiger partial charge in [-0.3, -0.25) is 0 Å². The topological polar surface area (TPSA) is 34.1 Å². The number of nitrogens with zero attached hydrogens (tertiary/aromatic N) is 1. The maximum atomic E-state index is 5.46. The number of rotatable bonds is 7. The molecule has 0 saturated carbocycles.